The van der Waals surface area contributed by atoms with E-state index in [4.69, 9.17) is 18.9 Å². The molecule has 8 aliphatic rings. The Morgan fingerprint density at radius 3 is 1.14 bits per heavy atom. The van der Waals surface area contributed by atoms with Gasteiger partial charge in [0.1, 0.15) is 52.1 Å². The quantitative estimate of drug-likeness (QED) is 0.164. The third-order valence-corrected chi connectivity index (χ3v) is 27.4. The number of anilines is 3. The van der Waals surface area contributed by atoms with Gasteiger partial charge in [0.25, 0.3) is 26.9 Å². The molecule has 4 aromatic heterocycles. The van der Waals surface area contributed by atoms with Crippen LogP contribution in [0.4, 0.5) is 17.1 Å². The van der Waals surface area contributed by atoms with Gasteiger partial charge in [-0.3, -0.25) is 0 Å². The van der Waals surface area contributed by atoms with Gasteiger partial charge >= 0.3 is 0 Å². The van der Waals surface area contributed by atoms with Crippen molar-refractivity contribution < 1.29 is 18.9 Å². The molecule has 22 aromatic rings. The van der Waals surface area contributed by atoms with Crippen LogP contribution >= 0.6 is 0 Å². The minimum atomic E-state index is 0.0544. The number of fused-ring (bicyclic) bond motifs is 28. The number of benzene rings is 18. The Morgan fingerprint density at radius 1 is 0.256 bits per heavy atom. The second kappa shape index (κ2) is 26.5. The Hall–Kier alpha value is -16.1. The molecule has 0 saturated carbocycles. The number of ether oxygens (including phenoxy) is 4. The van der Waals surface area contributed by atoms with Crippen molar-refractivity contribution in [2.45, 2.75) is 13.8 Å². The fourth-order valence-electron chi connectivity index (χ4n) is 22.6. The molecule has 0 radical (unpaired) electrons. The van der Waals surface area contributed by atoms with Gasteiger partial charge in [0, 0.05) is 99.3 Å². The fraction of sp³-hybridized carbons (Fsp3) is 0.0180. The van der Waals surface area contributed by atoms with E-state index in [1.54, 1.807) is 0 Å². The number of para-hydroxylation sites is 11. The van der Waals surface area contributed by atoms with Crippen LogP contribution in [0.2, 0.25) is 0 Å². The van der Waals surface area contributed by atoms with E-state index in [1.807, 2.05) is 24.3 Å². The molecule has 0 bridgehead atoms. The van der Waals surface area contributed by atoms with E-state index < -0.39 is 0 Å². The molecule has 14 heteroatoms. The molecule has 12 heterocycles. The molecule has 0 fully saturated rings. The lowest BCUT2D eigenvalue weighted by Crippen LogP contribution is -2.58. The fourth-order valence-corrected chi connectivity index (χ4v) is 22.6. The molecule has 0 saturated heterocycles. The zero-order valence-electron chi connectivity index (χ0n) is 67.9. The van der Waals surface area contributed by atoms with Crippen molar-refractivity contribution in [3.8, 4) is 74.8 Å². The summed E-state index contributed by atoms with van der Waals surface area (Å²) in [5, 5.41) is 20.3. The highest BCUT2D eigenvalue weighted by molar-refractivity contribution is 7.01. The average molecular weight is 1590 g/mol. The highest BCUT2D eigenvalue weighted by Gasteiger charge is 2.46. The first-order valence-corrected chi connectivity index (χ1v) is 43.0. The van der Waals surface area contributed by atoms with Crippen LogP contribution in [0.1, 0.15) is 16.7 Å². The van der Waals surface area contributed by atoms with E-state index in [9.17, 15) is 5.26 Å². The molecular weight excluding hydrogens is 1520 g/mol. The predicted molar refractivity (Wildman–Crippen MR) is 517 cm³/mol. The van der Waals surface area contributed by atoms with Gasteiger partial charge in [0.2, 0.25) is 0 Å². The highest BCUT2D eigenvalue weighted by Crippen LogP contribution is 2.46. The second-order valence-corrected chi connectivity index (χ2v) is 33.9. The molecule has 0 aliphatic carbocycles. The van der Waals surface area contributed by atoms with Gasteiger partial charge in [-0.05, 0) is 218 Å². The van der Waals surface area contributed by atoms with E-state index in [0.29, 0.717) is 5.56 Å². The van der Waals surface area contributed by atoms with E-state index in [0.717, 1.165) is 85.2 Å². The number of aromatic nitrogens is 4. The van der Waals surface area contributed by atoms with E-state index in [1.165, 1.54) is 165 Å². The molecule has 0 amide bonds. The van der Waals surface area contributed by atoms with Crippen LogP contribution < -0.4 is 89.4 Å². The zero-order chi connectivity index (χ0) is 82.1. The van der Waals surface area contributed by atoms with Crippen LogP contribution in [0.25, 0.3) is 110 Å². The summed E-state index contributed by atoms with van der Waals surface area (Å²) in [5.74, 6) is 7.49. The van der Waals surface area contributed by atoms with Gasteiger partial charge in [0.05, 0.1) is 33.3 Å². The lowest BCUT2D eigenvalue weighted by atomic mass is 9.34. The molecule has 8 aliphatic heterocycles. The molecule has 0 spiro atoms. The minimum absolute atomic E-state index is 0.0544. The standard InChI is InChI=1S/C36H23BN2O.C25H13BN2O.2C25H16BNO/c1-3-11-24(12-4-1)38(25-13-5-2-6-14-25)26-21-22-27-28-15-9-17-30-36(28)39(32(27)23-26)31-18-10-20-34-35(31)37(30)29-16-7-8-19-33(29)40-34;27-14-15-12-13-22-23-24(15)28-20-10-3-1-6-16(20)17-7-5-9-19(25(17)28)26(23)18-8-2-4-11-21(18)29-22;1-15-7-4-11-19-23(15)16-8-5-10-18-25(16)27(19)20-12-6-14-22-24(20)26(18)17-9-2-3-13-21(17)28-22;1-15-12-13-20-17(14-15)16-6-4-8-19-25(16)27(20)21-9-5-11-23-24(21)26(19)18-7-2-3-10-22(18)28-23/h1-23H;1-13H;2*2-14H,1H3. The van der Waals surface area contributed by atoms with Crippen molar-refractivity contribution in [2.24, 2.45) is 0 Å². The van der Waals surface area contributed by atoms with Crippen molar-refractivity contribution in [3.05, 3.63) is 393 Å². The van der Waals surface area contributed by atoms with Crippen LogP contribution in [0.15, 0.2) is 376 Å². The van der Waals surface area contributed by atoms with Crippen molar-refractivity contribution in [2.75, 3.05) is 4.90 Å². The molecule has 0 atom stereocenters. The molecule has 18 aromatic carbocycles. The Balaban J connectivity index is 0.0000000879. The number of hydrogen-bond donors (Lipinski definition) is 0. The van der Waals surface area contributed by atoms with Gasteiger partial charge in [-0.15, -0.1) is 0 Å². The SMILES string of the molecule is Cc1ccc2c(c1)c1cccc3c1n2-c1cccc2c1B3c1ccccc1O2.Cc1cccc2c1c1cccc3c1n2-c1cccc2c1B3c1ccccc1O2.N#Cc1ccc2c3c1-n1c4ccccc4c4cccc(c41)B3c1ccccc1O2.c1ccc(N(c2ccccc2)c2ccc3c4cccc5c4n(c3c2)-c2cccc3c2B5c2ccccc2O3)cc1. The lowest BCUT2D eigenvalue weighted by Gasteiger charge is -2.33. The molecule has 0 unspecified atom stereocenters. The highest BCUT2D eigenvalue weighted by atomic mass is 16.5. The summed E-state index contributed by atoms with van der Waals surface area (Å²) >= 11 is 0. The number of rotatable bonds is 3. The van der Waals surface area contributed by atoms with Crippen LogP contribution in [-0.4, -0.2) is 45.1 Å². The Labute approximate surface area is 720 Å². The maximum absolute atomic E-state index is 9.97. The summed E-state index contributed by atoms with van der Waals surface area (Å²) in [6.07, 6.45) is 0. The first-order chi connectivity index (χ1) is 61.9. The molecule has 10 nitrogen and oxygen atoms in total. The van der Waals surface area contributed by atoms with Crippen molar-refractivity contribution in [1.29, 1.82) is 5.26 Å². The van der Waals surface area contributed by atoms with Gasteiger partial charge in [-0.2, -0.15) is 5.26 Å². The topological polar surface area (TPSA) is 83.7 Å². The number of hydrogen-bond acceptors (Lipinski definition) is 6. The normalized spacial score (nSPS) is 13.1. The first-order valence-electron chi connectivity index (χ1n) is 43.0. The van der Waals surface area contributed by atoms with Crippen LogP contribution in [0.3, 0.4) is 0 Å². The first kappa shape index (κ1) is 69.7. The average Bonchev–Trinajstić information content (AvgIpc) is 1.60. The monoisotopic (exact) mass is 1590 g/mol. The zero-order valence-corrected chi connectivity index (χ0v) is 67.9. The maximum atomic E-state index is 9.97. The molecule has 30 rings (SSSR count). The molecule has 0 N–H and O–H groups in total. The molecular formula is C111H68B4N6O4. The van der Waals surface area contributed by atoms with Crippen molar-refractivity contribution in [3.63, 3.8) is 0 Å². The number of nitriles is 1. The second-order valence-electron chi connectivity index (χ2n) is 33.9. The molecule has 125 heavy (non-hydrogen) atoms. The summed E-state index contributed by atoms with van der Waals surface area (Å²) in [5.41, 5.74) is 36.4. The minimum Gasteiger partial charge on any atom is -0.458 e. The van der Waals surface area contributed by atoms with Gasteiger partial charge in [0.15, 0.2) is 0 Å². The maximum Gasteiger partial charge on any atom is 0.256 e. The summed E-state index contributed by atoms with van der Waals surface area (Å²) < 4.78 is 35.1. The number of nitrogens with zero attached hydrogens (tertiary/aromatic N) is 6. The third kappa shape index (κ3) is 9.77. The smallest absolute Gasteiger partial charge is 0.256 e. The Kier molecular flexibility index (Phi) is 14.7. The van der Waals surface area contributed by atoms with E-state index in [2.05, 4.69) is 395 Å². The summed E-state index contributed by atoms with van der Waals surface area (Å²) in [4.78, 5) is 2.33. The Bertz CT molecular complexity index is 8520. The van der Waals surface area contributed by atoms with Crippen LogP contribution in [0.5, 0.6) is 46.0 Å². The van der Waals surface area contributed by atoms with Crippen LogP contribution in [-0.2, 0) is 0 Å². The van der Waals surface area contributed by atoms with Crippen LogP contribution in [0, 0.1) is 25.2 Å². The largest absolute Gasteiger partial charge is 0.458 e. The lowest BCUT2D eigenvalue weighted by molar-refractivity contribution is 0.487. The van der Waals surface area contributed by atoms with E-state index in [-0.39, 0.29) is 26.9 Å². The molecule has 578 valence electrons. The van der Waals surface area contributed by atoms with Crippen molar-refractivity contribution >= 4 is 197 Å². The van der Waals surface area contributed by atoms with Gasteiger partial charge in [-0.1, -0.05) is 248 Å². The van der Waals surface area contributed by atoms with Gasteiger partial charge < -0.3 is 42.1 Å². The van der Waals surface area contributed by atoms with Crippen molar-refractivity contribution in [1.82, 2.24) is 18.3 Å². The predicted octanol–water partition coefficient (Wildman–Crippen LogP) is 18.8. The Morgan fingerprint density at radius 2 is 0.624 bits per heavy atom. The number of aryl methyl sites for hydroxylation is 2. The summed E-state index contributed by atoms with van der Waals surface area (Å²) in [7, 11) is 0. The third-order valence-electron chi connectivity index (χ3n) is 27.4. The van der Waals surface area contributed by atoms with Gasteiger partial charge in [-0.25, -0.2) is 0 Å². The van der Waals surface area contributed by atoms with E-state index >= 15 is 0 Å². The summed E-state index contributed by atoms with van der Waals surface area (Å²) in [6, 6.07) is 136. The summed E-state index contributed by atoms with van der Waals surface area (Å²) in [6.45, 7) is 4.98.